The molecule has 6 aromatic rings. The molecule has 0 fully saturated rings. The second-order valence-corrected chi connectivity index (χ2v) is 44.2. The van der Waals surface area contributed by atoms with Crippen LogP contribution in [-0.2, 0) is 29.2 Å². The van der Waals surface area contributed by atoms with Crippen LogP contribution in [0.1, 0.15) is 147 Å². The van der Waals surface area contributed by atoms with E-state index in [9.17, 15) is 17.0 Å². The Bertz CT molecular complexity index is 2760. The molecule has 0 saturated heterocycles. The van der Waals surface area contributed by atoms with Gasteiger partial charge in [-0.1, -0.05) is 0 Å². The molecule has 329 valence electrons. The zero-order valence-corrected chi connectivity index (χ0v) is 45.7. The molecule has 9 rings (SSSR count). The van der Waals surface area contributed by atoms with Gasteiger partial charge in [0.05, 0.1) is 0 Å². The Morgan fingerprint density at radius 3 is 1.38 bits per heavy atom. The van der Waals surface area contributed by atoms with Crippen LogP contribution in [0.4, 0.5) is 0 Å². The van der Waals surface area contributed by atoms with Gasteiger partial charge < -0.3 is 0 Å². The number of fused-ring (bicyclic) bond motifs is 5. The first kappa shape index (κ1) is 45.6. The molecule has 3 aliphatic rings. The van der Waals surface area contributed by atoms with Crippen LogP contribution in [0, 0.1) is 10.8 Å². The number of benzene rings is 6. The van der Waals surface area contributed by atoms with Gasteiger partial charge in [0.15, 0.2) is 0 Å². The summed E-state index contributed by atoms with van der Waals surface area (Å²) in [5.41, 5.74) is 21.2. The Balaban J connectivity index is 1.46. The molecule has 1 heterocycles. The molecule has 0 saturated carbocycles. The van der Waals surface area contributed by atoms with Crippen LogP contribution in [-0.4, -0.2) is 9.52 Å². The van der Waals surface area contributed by atoms with Crippen molar-refractivity contribution in [3.05, 3.63) is 171 Å². The first-order valence-corrected chi connectivity index (χ1v) is 35.8. The van der Waals surface area contributed by atoms with Gasteiger partial charge in [-0.3, -0.25) is 0 Å². The van der Waals surface area contributed by atoms with Crippen LogP contribution >= 0.6 is 17.0 Å². The van der Waals surface area contributed by atoms with E-state index in [-0.39, 0.29) is 18.1 Å². The summed E-state index contributed by atoms with van der Waals surface area (Å²) in [4.78, 5) is 0. The molecule has 64 heavy (non-hydrogen) atoms. The van der Waals surface area contributed by atoms with Crippen LogP contribution < -0.4 is 13.6 Å². The molecule has 0 amide bonds. The SMILES string of the molecule is CCc1ccccc1-c1c(C(C)C)ccc2c1C=C(C(C)(C)C)[CH]2[Zr]([Cl])([Cl])([c]1cccc2c1[SiH2]c1ccccc1-2)[CH]1C(C(C)(C)C)=Cc2c1ccc(C(C)C)c2-c1ccccc1CC. The summed E-state index contributed by atoms with van der Waals surface area (Å²) in [6.07, 6.45) is 7.10. The van der Waals surface area contributed by atoms with Gasteiger partial charge in [-0.25, -0.2) is 0 Å². The van der Waals surface area contributed by atoms with E-state index >= 15 is 0 Å². The molecule has 0 aromatic heterocycles. The zero-order valence-electron chi connectivity index (χ0n) is 40.3. The van der Waals surface area contributed by atoms with Gasteiger partial charge in [-0.15, -0.1) is 0 Å². The Morgan fingerprint density at radius 2 is 0.938 bits per heavy atom. The van der Waals surface area contributed by atoms with Crippen molar-refractivity contribution in [2.24, 2.45) is 10.8 Å². The summed E-state index contributed by atoms with van der Waals surface area (Å²) in [7, 11) is 18.4. The van der Waals surface area contributed by atoms with Gasteiger partial charge in [0.25, 0.3) is 0 Å². The van der Waals surface area contributed by atoms with Crippen molar-refractivity contribution >= 4 is 52.3 Å². The number of allylic oxidation sites excluding steroid dienone is 2. The van der Waals surface area contributed by atoms with Gasteiger partial charge in [-0.05, 0) is 0 Å². The fourth-order valence-corrected chi connectivity index (χ4v) is 40.5. The van der Waals surface area contributed by atoms with Crippen molar-refractivity contribution < 1.29 is 16.4 Å². The van der Waals surface area contributed by atoms with Crippen molar-refractivity contribution in [1.82, 2.24) is 0 Å². The maximum absolute atomic E-state index is 9.65. The van der Waals surface area contributed by atoms with E-state index in [1.807, 2.05) is 0 Å². The third-order valence-electron chi connectivity index (χ3n) is 15.2. The molecule has 2 unspecified atom stereocenters. The minimum atomic E-state index is -5.88. The van der Waals surface area contributed by atoms with Crippen LogP contribution in [0.5, 0.6) is 0 Å². The maximum atomic E-state index is 9.65. The summed E-state index contributed by atoms with van der Waals surface area (Å²) in [6, 6.07) is 44.2. The molecule has 2 atom stereocenters. The number of hydrogen-bond donors (Lipinski definition) is 0. The monoisotopic (exact) mass is 975 g/mol. The third kappa shape index (κ3) is 7.06. The minimum absolute atomic E-state index is 0.171. The molecule has 0 nitrogen and oxygen atoms in total. The molecular weight excluding hydrogens is 911 g/mol. The first-order chi connectivity index (χ1) is 30.3. The van der Waals surface area contributed by atoms with Crippen molar-refractivity contribution in [2.45, 2.75) is 115 Å². The molecule has 6 aromatic carbocycles. The molecule has 0 N–H and O–H groups in total. The van der Waals surface area contributed by atoms with Crippen LogP contribution in [0.15, 0.2) is 126 Å². The number of aryl methyl sites for hydroxylation is 2. The Morgan fingerprint density at radius 1 is 0.516 bits per heavy atom. The Labute approximate surface area is 395 Å². The van der Waals surface area contributed by atoms with Crippen molar-refractivity contribution in [3.63, 3.8) is 0 Å². The fourth-order valence-electron chi connectivity index (χ4n) is 12.2. The predicted molar refractivity (Wildman–Crippen MR) is 282 cm³/mol. The molecule has 2 aliphatic carbocycles. The Hall–Kier alpha value is -3.52. The van der Waals surface area contributed by atoms with E-state index in [2.05, 4.69) is 210 Å². The first-order valence-electron chi connectivity index (χ1n) is 24.0. The normalized spacial score (nSPS) is 17.8. The van der Waals surface area contributed by atoms with Gasteiger partial charge >= 0.3 is 399 Å². The van der Waals surface area contributed by atoms with Gasteiger partial charge in [0.2, 0.25) is 0 Å². The second kappa shape index (κ2) is 16.4. The topological polar surface area (TPSA) is 0 Å². The molecule has 0 radical (unpaired) electrons. The van der Waals surface area contributed by atoms with Crippen molar-refractivity contribution in [2.75, 3.05) is 0 Å². The number of hydrogen-bond acceptors (Lipinski definition) is 0. The average molecular weight is 978 g/mol. The average Bonchev–Trinajstić information content (AvgIpc) is 3.99. The van der Waals surface area contributed by atoms with E-state index in [0.717, 1.165) is 12.8 Å². The summed E-state index contributed by atoms with van der Waals surface area (Å²) < 4.78 is 0.948. The van der Waals surface area contributed by atoms with Gasteiger partial charge in [0.1, 0.15) is 0 Å². The second-order valence-electron chi connectivity index (χ2n) is 21.8. The molecule has 1 aliphatic heterocycles. The molecule has 0 spiro atoms. The fraction of sp³-hybridized carbons (Fsp3) is 0.333. The van der Waals surface area contributed by atoms with Gasteiger partial charge in [0, 0.05) is 0 Å². The van der Waals surface area contributed by atoms with E-state index in [4.69, 9.17) is 0 Å². The van der Waals surface area contributed by atoms with Gasteiger partial charge in [-0.2, -0.15) is 0 Å². The van der Waals surface area contributed by atoms with E-state index in [0.29, 0.717) is 11.8 Å². The van der Waals surface area contributed by atoms with E-state index < -0.39 is 25.9 Å². The van der Waals surface area contributed by atoms with Crippen LogP contribution in [0.2, 0.25) is 0 Å². The van der Waals surface area contributed by atoms with Crippen LogP contribution in [0.3, 0.4) is 0 Å². The number of rotatable bonds is 9. The molecular formula is C60H67Cl2SiZr. The Kier molecular flexibility index (Phi) is 11.7. The predicted octanol–water partition coefficient (Wildman–Crippen LogP) is 15.5. The molecule has 0 bridgehead atoms. The van der Waals surface area contributed by atoms with Crippen LogP contribution in [0.25, 0.3) is 45.5 Å². The number of halogens is 2. The molecule has 4 heteroatoms. The summed E-state index contributed by atoms with van der Waals surface area (Å²) in [6.45, 7) is 28.4. The zero-order chi connectivity index (χ0) is 45.7. The summed E-state index contributed by atoms with van der Waals surface area (Å²) in [5, 5.41) is 2.96. The standard InChI is InChI=1S/2C24H29.C12H9Si.2ClH.Zr/c2*1-7-17-10-8-9-11-21(17)23-20(16(2)3)13-12-18-14-19(15-22(18)23)24(4,5)6;1-3-7-11-9(5-1)10-6-2-4-8-12(10)13-11;;;/h2*8-16H,7H2,1-6H3;1-7H,13H2;2*1H;/q;;;;;+2/p-2. The van der Waals surface area contributed by atoms with E-state index in [1.165, 1.54) is 103 Å². The van der Waals surface area contributed by atoms with Crippen molar-refractivity contribution in [1.29, 1.82) is 0 Å². The van der Waals surface area contributed by atoms with Crippen molar-refractivity contribution in [3.8, 4) is 33.4 Å². The quantitative estimate of drug-likeness (QED) is 0.126. The third-order valence-corrected chi connectivity index (χ3v) is 37.7. The summed E-state index contributed by atoms with van der Waals surface area (Å²) >= 11 is -5.88. The van der Waals surface area contributed by atoms with E-state index in [1.54, 1.807) is 0 Å². The summed E-state index contributed by atoms with van der Waals surface area (Å²) in [5.74, 6) is 0.673.